The van der Waals surface area contributed by atoms with Gasteiger partial charge in [0.2, 0.25) is 5.91 Å². The molecule has 1 aliphatic rings. The van der Waals surface area contributed by atoms with Crippen molar-refractivity contribution in [1.82, 2.24) is 10.2 Å². The second-order valence-corrected chi connectivity index (χ2v) is 7.25. The topological polar surface area (TPSA) is 84.9 Å². The zero-order valence-electron chi connectivity index (χ0n) is 17.1. The van der Waals surface area contributed by atoms with Crippen molar-refractivity contribution in [2.24, 2.45) is 0 Å². The Hall–Kier alpha value is -2.57. The van der Waals surface area contributed by atoms with E-state index >= 15 is 0 Å². The molecule has 0 unspecified atom stereocenters. The van der Waals surface area contributed by atoms with Crippen LogP contribution in [-0.4, -0.2) is 54.5 Å². The first-order valence-corrected chi connectivity index (χ1v) is 9.83. The van der Waals surface area contributed by atoms with Crippen LogP contribution in [0.2, 0.25) is 0 Å². The third-order valence-electron chi connectivity index (χ3n) is 4.65. The van der Waals surface area contributed by atoms with E-state index in [1.54, 1.807) is 6.92 Å². The van der Waals surface area contributed by atoms with Crippen LogP contribution < -0.4 is 10.1 Å². The van der Waals surface area contributed by atoms with Gasteiger partial charge in [0.15, 0.2) is 6.10 Å². The number of hydrogen-bond acceptors (Lipinski definition) is 5. The summed E-state index contributed by atoms with van der Waals surface area (Å²) < 4.78 is 10.8. The Morgan fingerprint density at radius 2 is 1.89 bits per heavy atom. The zero-order chi connectivity index (χ0) is 20.7. The monoisotopic (exact) mass is 390 g/mol. The molecule has 0 aliphatic carbocycles. The quantitative estimate of drug-likeness (QED) is 0.688. The molecule has 1 saturated heterocycles. The molecule has 154 valence electrons. The molecule has 28 heavy (non-hydrogen) atoms. The van der Waals surface area contributed by atoms with E-state index in [4.69, 9.17) is 9.47 Å². The first-order chi connectivity index (χ1) is 13.3. The van der Waals surface area contributed by atoms with E-state index in [1.165, 1.54) is 10.5 Å². The minimum atomic E-state index is -0.875. The van der Waals surface area contributed by atoms with E-state index < -0.39 is 18.1 Å². The summed E-state index contributed by atoms with van der Waals surface area (Å²) in [5.74, 6) is -0.157. The summed E-state index contributed by atoms with van der Waals surface area (Å²) in [5.41, 5.74) is 1.18. The highest BCUT2D eigenvalue weighted by Gasteiger charge is 2.37. The van der Waals surface area contributed by atoms with Crippen LogP contribution in [0.3, 0.4) is 0 Å². The first-order valence-electron chi connectivity index (χ1n) is 9.83. The number of piperazine rings is 1. The molecular formula is C21H30N2O5. The lowest BCUT2D eigenvalue weighted by atomic mass is 10.0. The Kier molecular flexibility index (Phi) is 7.84. The standard InChI is InChI=1S/C21H30N2O5/c1-5-12-27-19(24)13-18-20(25)22-10-11-23(18)21(26)15(4)28-17-8-6-16(7-9-17)14(2)3/h6-9,14-15,18H,5,10-13H2,1-4H3,(H,22,25)/t15-,18+/m1/s1. The summed E-state index contributed by atoms with van der Waals surface area (Å²) in [4.78, 5) is 38.5. The molecule has 0 bridgehead atoms. The predicted octanol–water partition coefficient (Wildman–Crippen LogP) is 2.25. The number of esters is 1. The van der Waals surface area contributed by atoms with Crippen molar-refractivity contribution in [1.29, 1.82) is 0 Å². The highest BCUT2D eigenvalue weighted by Crippen LogP contribution is 2.20. The molecule has 2 amide bonds. The number of rotatable bonds is 8. The van der Waals surface area contributed by atoms with Crippen LogP contribution in [0.5, 0.6) is 5.75 Å². The van der Waals surface area contributed by atoms with Crippen molar-refractivity contribution < 1.29 is 23.9 Å². The molecule has 1 aliphatic heterocycles. The van der Waals surface area contributed by atoms with E-state index in [2.05, 4.69) is 19.2 Å². The minimum absolute atomic E-state index is 0.159. The predicted molar refractivity (Wildman–Crippen MR) is 105 cm³/mol. The molecule has 7 nitrogen and oxygen atoms in total. The molecule has 1 aromatic carbocycles. The Bertz CT molecular complexity index is 687. The lowest BCUT2D eigenvalue weighted by Gasteiger charge is -2.36. The number of amides is 2. The Balaban J connectivity index is 2.03. The Labute approximate surface area is 166 Å². The number of hydrogen-bond donors (Lipinski definition) is 1. The summed E-state index contributed by atoms with van der Waals surface area (Å²) in [6.07, 6.45) is -0.232. The van der Waals surface area contributed by atoms with Crippen LogP contribution >= 0.6 is 0 Å². The van der Waals surface area contributed by atoms with E-state index in [1.807, 2.05) is 31.2 Å². The van der Waals surface area contributed by atoms with E-state index in [0.717, 1.165) is 0 Å². The lowest BCUT2D eigenvalue weighted by molar-refractivity contribution is -0.154. The van der Waals surface area contributed by atoms with Gasteiger partial charge < -0.3 is 19.7 Å². The van der Waals surface area contributed by atoms with E-state index in [-0.39, 0.29) is 18.2 Å². The number of nitrogens with zero attached hydrogens (tertiary/aromatic N) is 1. The number of nitrogens with one attached hydrogen (secondary N) is 1. The van der Waals surface area contributed by atoms with Gasteiger partial charge in [-0.15, -0.1) is 0 Å². The SMILES string of the molecule is CCCOC(=O)C[C@H]1C(=O)NCCN1C(=O)[C@@H](C)Oc1ccc(C(C)C)cc1. The average Bonchev–Trinajstić information content (AvgIpc) is 2.67. The molecule has 0 spiro atoms. The number of benzene rings is 1. The molecule has 1 N–H and O–H groups in total. The number of carbonyl (C=O) groups excluding carboxylic acids is 3. The molecule has 0 saturated carbocycles. The number of carbonyl (C=O) groups is 3. The van der Waals surface area contributed by atoms with Crippen molar-refractivity contribution in [3.8, 4) is 5.75 Å². The average molecular weight is 390 g/mol. The second-order valence-electron chi connectivity index (χ2n) is 7.25. The Morgan fingerprint density at radius 1 is 1.21 bits per heavy atom. The van der Waals surface area contributed by atoms with Crippen LogP contribution in [0, 0.1) is 0 Å². The van der Waals surface area contributed by atoms with Gasteiger partial charge in [0, 0.05) is 13.1 Å². The van der Waals surface area contributed by atoms with Crippen molar-refractivity contribution in [2.75, 3.05) is 19.7 Å². The van der Waals surface area contributed by atoms with Crippen molar-refractivity contribution in [3.05, 3.63) is 29.8 Å². The van der Waals surface area contributed by atoms with Gasteiger partial charge in [-0.25, -0.2) is 0 Å². The molecule has 0 aromatic heterocycles. The van der Waals surface area contributed by atoms with Crippen LogP contribution in [-0.2, 0) is 19.1 Å². The fraction of sp³-hybridized carbons (Fsp3) is 0.571. The molecule has 7 heteroatoms. The summed E-state index contributed by atoms with van der Waals surface area (Å²) in [6.45, 7) is 8.73. The third-order valence-corrected chi connectivity index (χ3v) is 4.65. The summed E-state index contributed by atoms with van der Waals surface area (Å²) in [7, 11) is 0. The third kappa shape index (κ3) is 5.71. The molecule has 1 aromatic rings. The maximum atomic E-state index is 12.9. The van der Waals surface area contributed by atoms with Gasteiger partial charge in [-0.1, -0.05) is 32.9 Å². The zero-order valence-corrected chi connectivity index (χ0v) is 17.1. The highest BCUT2D eigenvalue weighted by molar-refractivity contribution is 5.93. The molecule has 2 atom stereocenters. The minimum Gasteiger partial charge on any atom is -0.481 e. The van der Waals surface area contributed by atoms with Crippen LogP contribution in [0.1, 0.15) is 52.0 Å². The highest BCUT2D eigenvalue weighted by atomic mass is 16.5. The van der Waals surface area contributed by atoms with E-state index in [0.29, 0.717) is 37.8 Å². The summed E-state index contributed by atoms with van der Waals surface area (Å²) in [6, 6.07) is 6.74. The number of ether oxygens (including phenoxy) is 2. The fourth-order valence-electron chi connectivity index (χ4n) is 3.03. The maximum Gasteiger partial charge on any atom is 0.308 e. The van der Waals surface area contributed by atoms with E-state index in [9.17, 15) is 14.4 Å². The van der Waals surface area contributed by atoms with Crippen molar-refractivity contribution in [3.63, 3.8) is 0 Å². The van der Waals surface area contributed by atoms with Gasteiger partial charge in [0.05, 0.1) is 13.0 Å². The van der Waals surface area contributed by atoms with Crippen LogP contribution in [0.4, 0.5) is 0 Å². The van der Waals surface area contributed by atoms with Crippen molar-refractivity contribution in [2.45, 2.75) is 58.6 Å². The molecule has 1 fully saturated rings. The summed E-state index contributed by atoms with van der Waals surface area (Å²) in [5, 5.41) is 2.70. The summed E-state index contributed by atoms with van der Waals surface area (Å²) >= 11 is 0. The lowest BCUT2D eigenvalue weighted by Crippen LogP contribution is -2.60. The van der Waals surface area contributed by atoms with Crippen LogP contribution in [0.25, 0.3) is 0 Å². The molecule has 2 rings (SSSR count). The van der Waals surface area contributed by atoms with Gasteiger partial charge in [0.25, 0.3) is 5.91 Å². The molecule has 0 radical (unpaired) electrons. The normalized spacial score (nSPS) is 17.8. The molecule has 1 heterocycles. The van der Waals surface area contributed by atoms with Gasteiger partial charge >= 0.3 is 5.97 Å². The van der Waals surface area contributed by atoms with Gasteiger partial charge in [-0.2, -0.15) is 0 Å². The fourth-order valence-corrected chi connectivity index (χ4v) is 3.03. The van der Waals surface area contributed by atoms with Crippen LogP contribution in [0.15, 0.2) is 24.3 Å². The largest absolute Gasteiger partial charge is 0.481 e. The smallest absolute Gasteiger partial charge is 0.308 e. The maximum absolute atomic E-state index is 12.9. The van der Waals surface area contributed by atoms with Gasteiger partial charge in [-0.3, -0.25) is 14.4 Å². The van der Waals surface area contributed by atoms with Crippen molar-refractivity contribution >= 4 is 17.8 Å². The van der Waals surface area contributed by atoms with Gasteiger partial charge in [0.1, 0.15) is 11.8 Å². The first kappa shape index (κ1) is 21.7. The second kappa shape index (κ2) is 10.1. The molecular weight excluding hydrogens is 360 g/mol. The Morgan fingerprint density at radius 3 is 2.50 bits per heavy atom. The van der Waals surface area contributed by atoms with Gasteiger partial charge in [-0.05, 0) is 37.0 Å².